The monoisotopic (exact) mass is 438 g/mol. The Morgan fingerprint density at radius 2 is 2.00 bits per heavy atom. The molecule has 0 unspecified atom stereocenters. The molecular formula is C26H38N4O2. The molecule has 0 N–H and O–H groups in total. The molecule has 2 saturated heterocycles. The Morgan fingerprint density at radius 1 is 1.19 bits per heavy atom. The molecule has 2 aliphatic heterocycles. The maximum atomic E-state index is 13.6. The van der Waals surface area contributed by atoms with Crippen molar-refractivity contribution in [2.45, 2.75) is 64.3 Å². The molecule has 2 fully saturated rings. The van der Waals surface area contributed by atoms with Gasteiger partial charge in [-0.1, -0.05) is 32.1 Å². The minimum Gasteiger partial charge on any atom is -0.309 e. The second-order valence-corrected chi connectivity index (χ2v) is 10.2. The number of hydrogen-bond donors (Lipinski definition) is 0. The number of aryl methyl sites for hydroxylation is 1. The Morgan fingerprint density at radius 3 is 2.66 bits per heavy atom. The van der Waals surface area contributed by atoms with E-state index in [-0.39, 0.29) is 11.9 Å². The van der Waals surface area contributed by atoms with Crippen molar-refractivity contribution in [3.8, 4) is 0 Å². The van der Waals surface area contributed by atoms with Gasteiger partial charge in [0, 0.05) is 45.1 Å². The van der Waals surface area contributed by atoms with Gasteiger partial charge >= 0.3 is 6.03 Å². The van der Waals surface area contributed by atoms with Crippen LogP contribution in [-0.4, -0.2) is 69.9 Å². The zero-order chi connectivity index (χ0) is 22.6. The van der Waals surface area contributed by atoms with Crippen LogP contribution in [0.5, 0.6) is 0 Å². The highest BCUT2D eigenvalue weighted by molar-refractivity contribution is 6.07. The molecule has 3 amide bonds. The summed E-state index contributed by atoms with van der Waals surface area (Å²) in [4.78, 5) is 37.2. The van der Waals surface area contributed by atoms with Crippen LogP contribution in [0.1, 0.15) is 57.9 Å². The number of urea groups is 1. The Labute approximate surface area is 192 Å². The fourth-order valence-corrected chi connectivity index (χ4v) is 5.56. The van der Waals surface area contributed by atoms with Crippen LogP contribution in [0.15, 0.2) is 36.7 Å². The SMILES string of the molecule is CC(C)CN1C(=O)N(CCCc2cccnc2)C(=O)C12CCN(C[C@H]1CC=CCC1)CC2. The minimum absolute atomic E-state index is 0.0367. The summed E-state index contributed by atoms with van der Waals surface area (Å²) in [5.41, 5.74) is 0.504. The molecule has 32 heavy (non-hydrogen) atoms. The molecule has 0 bridgehead atoms. The van der Waals surface area contributed by atoms with Crippen LogP contribution in [0.3, 0.4) is 0 Å². The molecule has 0 radical (unpaired) electrons. The molecule has 3 aliphatic rings. The molecule has 4 rings (SSSR count). The fraction of sp³-hybridized carbons (Fsp3) is 0.654. The molecule has 174 valence electrons. The average Bonchev–Trinajstić information content (AvgIpc) is 2.98. The molecule has 6 heteroatoms. The topological polar surface area (TPSA) is 56.8 Å². The minimum atomic E-state index is -0.640. The van der Waals surface area contributed by atoms with E-state index in [2.05, 4.69) is 35.9 Å². The number of piperidine rings is 1. The Bertz CT molecular complexity index is 814. The molecule has 1 spiro atoms. The molecule has 0 aromatic carbocycles. The van der Waals surface area contributed by atoms with E-state index in [1.54, 1.807) is 11.1 Å². The Kier molecular flexibility index (Phi) is 7.29. The van der Waals surface area contributed by atoms with Gasteiger partial charge in [0.05, 0.1) is 0 Å². The van der Waals surface area contributed by atoms with Crippen molar-refractivity contribution in [2.75, 3.05) is 32.7 Å². The first kappa shape index (κ1) is 23.0. The van der Waals surface area contributed by atoms with Crippen molar-refractivity contribution in [3.63, 3.8) is 0 Å². The van der Waals surface area contributed by atoms with Gasteiger partial charge in [-0.05, 0) is 68.4 Å². The van der Waals surface area contributed by atoms with E-state index >= 15 is 0 Å². The number of likely N-dealkylation sites (tertiary alicyclic amines) is 1. The predicted octanol–water partition coefficient (Wildman–Crippen LogP) is 4.13. The van der Waals surface area contributed by atoms with Crippen LogP contribution in [0.2, 0.25) is 0 Å². The smallest absolute Gasteiger partial charge is 0.309 e. The van der Waals surface area contributed by atoms with E-state index in [9.17, 15) is 9.59 Å². The number of rotatable bonds is 8. The van der Waals surface area contributed by atoms with Crippen molar-refractivity contribution in [1.29, 1.82) is 0 Å². The lowest BCUT2D eigenvalue weighted by Crippen LogP contribution is -2.57. The molecule has 1 atom stereocenters. The highest BCUT2D eigenvalue weighted by atomic mass is 16.2. The molecular weight excluding hydrogens is 400 g/mol. The summed E-state index contributed by atoms with van der Waals surface area (Å²) < 4.78 is 0. The zero-order valence-electron chi connectivity index (χ0n) is 19.7. The van der Waals surface area contributed by atoms with E-state index in [1.165, 1.54) is 19.3 Å². The lowest BCUT2D eigenvalue weighted by molar-refractivity contribution is -0.136. The molecule has 6 nitrogen and oxygen atoms in total. The van der Waals surface area contributed by atoms with Gasteiger partial charge in [0.15, 0.2) is 0 Å². The number of carbonyl (C=O) groups is 2. The van der Waals surface area contributed by atoms with Gasteiger partial charge in [0.1, 0.15) is 5.54 Å². The summed E-state index contributed by atoms with van der Waals surface area (Å²) in [6.07, 6.45) is 15.0. The summed E-state index contributed by atoms with van der Waals surface area (Å²) >= 11 is 0. The van der Waals surface area contributed by atoms with E-state index < -0.39 is 5.54 Å². The first-order valence-corrected chi connectivity index (χ1v) is 12.4. The molecule has 1 aliphatic carbocycles. The van der Waals surface area contributed by atoms with Crippen molar-refractivity contribution in [1.82, 2.24) is 19.7 Å². The predicted molar refractivity (Wildman–Crippen MR) is 126 cm³/mol. The first-order valence-electron chi connectivity index (χ1n) is 12.4. The van der Waals surface area contributed by atoms with E-state index in [1.807, 2.05) is 23.2 Å². The Hall–Kier alpha value is -2.21. The summed E-state index contributed by atoms with van der Waals surface area (Å²) in [5.74, 6) is 1.10. The lowest BCUT2D eigenvalue weighted by atomic mass is 9.84. The van der Waals surface area contributed by atoms with E-state index in [0.717, 1.165) is 56.8 Å². The summed E-state index contributed by atoms with van der Waals surface area (Å²) in [6.45, 7) is 8.30. The number of carbonyl (C=O) groups excluding carboxylic acids is 2. The van der Waals surface area contributed by atoms with Gasteiger partial charge in [0.25, 0.3) is 5.91 Å². The number of imide groups is 1. The van der Waals surface area contributed by atoms with Crippen LogP contribution in [0.25, 0.3) is 0 Å². The molecule has 3 heterocycles. The first-order chi connectivity index (χ1) is 15.5. The second-order valence-electron chi connectivity index (χ2n) is 10.2. The number of aromatic nitrogens is 1. The lowest BCUT2D eigenvalue weighted by Gasteiger charge is -2.43. The standard InChI is InChI=1S/C26H38N4O2/c1-21(2)19-30-25(32)29(15-7-11-22-10-6-14-27-18-22)24(31)26(30)12-16-28(17-13-26)20-23-8-4-3-5-9-23/h3-4,6,10,14,18,21,23H,5,7-9,11-13,15-17,19-20H2,1-2H3/t23-/m0/s1. The third-order valence-electron chi connectivity index (χ3n) is 7.32. The summed E-state index contributed by atoms with van der Waals surface area (Å²) in [7, 11) is 0. The van der Waals surface area contributed by atoms with E-state index in [0.29, 0.717) is 19.0 Å². The highest BCUT2D eigenvalue weighted by Crippen LogP contribution is 2.38. The largest absolute Gasteiger partial charge is 0.327 e. The quantitative estimate of drug-likeness (QED) is 0.452. The van der Waals surface area contributed by atoms with Gasteiger partial charge in [0.2, 0.25) is 0 Å². The third-order valence-corrected chi connectivity index (χ3v) is 7.32. The van der Waals surface area contributed by atoms with Crippen LogP contribution < -0.4 is 0 Å². The van der Waals surface area contributed by atoms with E-state index in [4.69, 9.17) is 0 Å². The van der Waals surface area contributed by atoms with Crippen LogP contribution in [0.4, 0.5) is 4.79 Å². The number of amides is 3. The van der Waals surface area contributed by atoms with Gasteiger partial charge < -0.3 is 9.80 Å². The summed E-state index contributed by atoms with van der Waals surface area (Å²) in [6, 6.07) is 3.89. The third kappa shape index (κ3) is 4.90. The number of nitrogens with zero attached hydrogens (tertiary/aromatic N) is 4. The average molecular weight is 439 g/mol. The van der Waals surface area contributed by atoms with Crippen molar-refractivity contribution < 1.29 is 9.59 Å². The zero-order valence-corrected chi connectivity index (χ0v) is 19.7. The van der Waals surface area contributed by atoms with Gasteiger partial charge in [-0.15, -0.1) is 0 Å². The van der Waals surface area contributed by atoms with Crippen LogP contribution in [0, 0.1) is 11.8 Å². The van der Waals surface area contributed by atoms with Crippen LogP contribution >= 0.6 is 0 Å². The highest BCUT2D eigenvalue weighted by Gasteiger charge is 2.57. The molecule has 1 aromatic heterocycles. The summed E-state index contributed by atoms with van der Waals surface area (Å²) in [5, 5.41) is 0. The Balaban J connectivity index is 1.40. The van der Waals surface area contributed by atoms with Crippen LogP contribution in [-0.2, 0) is 11.2 Å². The van der Waals surface area contributed by atoms with Crippen molar-refractivity contribution in [3.05, 3.63) is 42.2 Å². The number of allylic oxidation sites excluding steroid dienone is 2. The van der Waals surface area contributed by atoms with Gasteiger partial charge in [-0.3, -0.25) is 14.7 Å². The number of hydrogen-bond acceptors (Lipinski definition) is 4. The maximum absolute atomic E-state index is 13.6. The fourth-order valence-electron chi connectivity index (χ4n) is 5.56. The van der Waals surface area contributed by atoms with Crippen molar-refractivity contribution >= 4 is 11.9 Å². The second kappa shape index (κ2) is 10.2. The van der Waals surface area contributed by atoms with Crippen molar-refractivity contribution in [2.24, 2.45) is 11.8 Å². The molecule has 1 aromatic rings. The maximum Gasteiger partial charge on any atom is 0.327 e. The normalized spacial score (nSPS) is 23.7. The molecule has 0 saturated carbocycles. The number of pyridine rings is 1. The van der Waals surface area contributed by atoms with Gasteiger partial charge in [-0.2, -0.15) is 0 Å². The van der Waals surface area contributed by atoms with Gasteiger partial charge in [-0.25, -0.2) is 4.79 Å².